The number of rotatable bonds is 6. The number of benzene rings is 2. The van der Waals surface area contributed by atoms with Gasteiger partial charge in [-0.25, -0.2) is 9.78 Å². The molecule has 0 N–H and O–H groups in total. The van der Waals surface area contributed by atoms with E-state index < -0.39 is 27.5 Å². The zero-order valence-corrected chi connectivity index (χ0v) is 17.2. The molecule has 0 saturated carbocycles. The number of methoxy groups -OCH3 is 1. The van der Waals surface area contributed by atoms with Crippen LogP contribution in [0.2, 0.25) is 0 Å². The number of ether oxygens (including phenoxy) is 1. The monoisotopic (exact) mass is 454 g/mol. The van der Waals surface area contributed by atoms with Gasteiger partial charge < -0.3 is 13.8 Å². The number of hydrogen-bond acceptors (Lipinski definition) is 7. The Labute approximate surface area is 176 Å². The van der Waals surface area contributed by atoms with Crippen LogP contribution < -0.4 is 9.08 Å². The molecule has 164 valence electrons. The first-order valence-corrected chi connectivity index (χ1v) is 10.2. The highest BCUT2D eigenvalue weighted by molar-refractivity contribution is 7.88. The van der Waals surface area contributed by atoms with E-state index in [1.54, 1.807) is 37.4 Å². The molecule has 0 aliphatic rings. The van der Waals surface area contributed by atoms with Crippen molar-refractivity contribution < 1.29 is 35.3 Å². The Hall–Kier alpha value is -3.34. The third-order valence-electron chi connectivity index (χ3n) is 4.33. The maximum Gasteiger partial charge on any atom is 0.534 e. The van der Waals surface area contributed by atoms with E-state index >= 15 is 0 Å². The van der Waals surface area contributed by atoms with Gasteiger partial charge in [0.2, 0.25) is 0 Å². The van der Waals surface area contributed by atoms with Crippen LogP contribution in [0.15, 0.2) is 54.6 Å². The summed E-state index contributed by atoms with van der Waals surface area (Å²) in [7, 11) is -3.18. The number of hydrogen-bond donors (Lipinski definition) is 0. The summed E-state index contributed by atoms with van der Waals surface area (Å²) in [6, 6.07) is 14.5. The minimum absolute atomic E-state index is 0.00815. The van der Waals surface area contributed by atoms with Crippen LogP contribution in [-0.2, 0) is 21.4 Å². The number of carbonyl (C=O) groups excluding carboxylic acids is 1. The summed E-state index contributed by atoms with van der Waals surface area (Å²) in [4.78, 5) is 17.3. The van der Waals surface area contributed by atoms with Gasteiger partial charge >= 0.3 is 21.6 Å². The highest BCUT2D eigenvalue weighted by Crippen LogP contribution is 2.35. The zero-order valence-electron chi connectivity index (χ0n) is 16.4. The Kier molecular flexibility index (Phi) is 6.07. The first kappa shape index (κ1) is 22.3. The summed E-state index contributed by atoms with van der Waals surface area (Å²) in [5.41, 5.74) is -4.47. The third kappa shape index (κ3) is 4.88. The molecule has 3 aromatic rings. The molecule has 0 radical (unpaired) electrons. The topological polar surface area (TPSA) is 85.8 Å². The van der Waals surface area contributed by atoms with Crippen LogP contribution >= 0.6 is 0 Å². The molecule has 0 aliphatic heterocycles. The summed E-state index contributed by atoms with van der Waals surface area (Å²) in [6.45, 7) is 0.229. The maximum absolute atomic E-state index is 12.9. The molecule has 0 unspecified atom stereocenters. The number of halogens is 3. The van der Waals surface area contributed by atoms with Crippen LogP contribution in [0.25, 0.3) is 10.9 Å². The molecule has 0 aliphatic carbocycles. The van der Waals surface area contributed by atoms with Gasteiger partial charge in [-0.15, -0.1) is 0 Å². The van der Waals surface area contributed by atoms with E-state index in [0.717, 1.165) is 5.56 Å². The second-order valence-corrected chi connectivity index (χ2v) is 8.07. The van der Waals surface area contributed by atoms with E-state index in [-0.39, 0.29) is 23.3 Å². The lowest BCUT2D eigenvalue weighted by Gasteiger charge is -2.22. The number of alkyl halides is 3. The lowest BCUT2D eigenvalue weighted by atomic mass is 10.1. The van der Waals surface area contributed by atoms with Gasteiger partial charge in [-0.1, -0.05) is 30.3 Å². The lowest BCUT2D eigenvalue weighted by molar-refractivity contribution is -0.0501. The first-order chi connectivity index (χ1) is 14.5. The van der Waals surface area contributed by atoms with Crippen molar-refractivity contribution in [2.75, 3.05) is 19.1 Å². The Morgan fingerprint density at radius 3 is 2.39 bits per heavy atom. The molecule has 31 heavy (non-hydrogen) atoms. The van der Waals surface area contributed by atoms with Gasteiger partial charge in [0, 0.05) is 19.0 Å². The van der Waals surface area contributed by atoms with Crippen LogP contribution in [0.4, 0.5) is 18.9 Å². The number of aromatic nitrogens is 1. The fourth-order valence-electron chi connectivity index (χ4n) is 2.82. The lowest BCUT2D eigenvalue weighted by Crippen LogP contribution is -2.29. The van der Waals surface area contributed by atoms with E-state index in [1.807, 2.05) is 0 Å². The normalized spacial score (nSPS) is 11.9. The predicted molar refractivity (Wildman–Crippen MR) is 107 cm³/mol. The molecule has 11 heteroatoms. The summed E-state index contributed by atoms with van der Waals surface area (Å²) in [5, 5.41) is 0.384. The number of anilines is 1. The Morgan fingerprint density at radius 1 is 1.10 bits per heavy atom. The number of nitrogens with zero attached hydrogens (tertiary/aromatic N) is 2. The van der Waals surface area contributed by atoms with Crippen LogP contribution in [0.1, 0.15) is 15.9 Å². The number of pyridine rings is 1. The van der Waals surface area contributed by atoms with Crippen LogP contribution in [0, 0.1) is 0 Å². The predicted octanol–water partition coefficient (Wildman–Crippen LogP) is 3.89. The van der Waals surface area contributed by atoms with Gasteiger partial charge in [0.1, 0.15) is 5.69 Å². The van der Waals surface area contributed by atoms with E-state index in [4.69, 9.17) is 0 Å². The Balaban J connectivity index is 2.12. The van der Waals surface area contributed by atoms with Crippen molar-refractivity contribution in [1.29, 1.82) is 0 Å². The minimum Gasteiger partial charge on any atom is -0.465 e. The van der Waals surface area contributed by atoms with Crippen LogP contribution in [-0.4, -0.2) is 39.0 Å². The van der Waals surface area contributed by atoms with Gasteiger partial charge in [0.05, 0.1) is 18.2 Å². The van der Waals surface area contributed by atoms with Gasteiger partial charge in [-0.2, -0.15) is 21.6 Å². The van der Waals surface area contributed by atoms with E-state index in [2.05, 4.69) is 13.9 Å². The molecule has 0 fully saturated rings. The molecule has 1 heterocycles. The fraction of sp³-hybridized carbons (Fsp3) is 0.200. The standard InChI is InChI=1S/C20H17F3N2O5S/c1-25(12-13-6-4-3-5-7-13)17-11-15-10-14(19(26)29-2)8-9-16(15)24-18(17)30-31(27,28)20(21,22)23/h3-11H,12H2,1-2H3. The quantitative estimate of drug-likeness (QED) is 0.317. The van der Waals surface area contributed by atoms with E-state index in [9.17, 15) is 26.4 Å². The van der Waals surface area contributed by atoms with Crippen molar-refractivity contribution in [3.8, 4) is 5.88 Å². The average Bonchev–Trinajstić information content (AvgIpc) is 2.72. The molecule has 3 rings (SSSR count). The van der Waals surface area contributed by atoms with E-state index in [0.29, 0.717) is 5.39 Å². The van der Waals surface area contributed by atoms with Crippen LogP contribution in [0.5, 0.6) is 5.88 Å². The molecule has 0 spiro atoms. The molecule has 7 nitrogen and oxygen atoms in total. The second kappa shape index (κ2) is 8.42. The van der Waals surface area contributed by atoms with Crippen molar-refractivity contribution in [1.82, 2.24) is 4.98 Å². The number of esters is 1. The molecule has 0 amide bonds. The Bertz CT molecular complexity index is 1210. The molecule has 0 bridgehead atoms. The van der Waals surface area contributed by atoms with E-state index in [1.165, 1.54) is 36.3 Å². The summed E-state index contributed by atoms with van der Waals surface area (Å²) < 4.78 is 70.9. The summed E-state index contributed by atoms with van der Waals surface area (Å²) >= 11 is 0. The molecule has 0 saturated heterocycles. The van der Waals surface area contributed by atoms with Crippen molar-refractivity contribution in [2.24, 2.45) is 0 Å². The molecular formula is C20H17F3N2O5S. The molecule has 2 aromatic carbocycles. The van der Waals surface area contributed by atoms with Gasteiger partial charge in [0.25, 0.3) is 5.88 Å². The van der Waals surface area contributed by atoms with Crippen molar-refractivity contribution in [3.05, 3.63) is 65.7 Å². The van der Waals surface area contributed by atoms with Crippen molar-refractivity contribution in [2.45, 2.75) is 12.1 Å². The molecule has 0 atom stereocenters. The van der Waals surface area contributed by atoms with Gasteiger partial charge in [0.15, 0.2) is 0 Å². The smallest absolute Gasteiger partial charge is 0.465 e. The van der Waals surface area contributed by atoms with Gasteiger partial charge in [-0.3, -0.25) is 0 Å². The summed E-state index contributed by atoms with van der Waals surface area (Å²) in [5.74, 6) is -1.34. The van der Waals surface area contributed by atoms with Crippen molar-refractivity contribution >= 4 is 32.7 Å². The molecular weight excluding hydrogens is 437 g/mol. The first-order valence-electron chi connectivity index (χ1n) is 8.81. The number of fused-ring (bicyclic) bond motifs is 1. The van der Waals surface area contributed by atoms with Crippen LogP contribution in [0.3, 0.4) is 0 Å². The SMILES string of the molecule is COC(=O)c1ccc2nc(OS(=O)(=O)C(F)(F)F)c(N(C)Cc3ccccc3)cc2c1. The summed E-state index contributed by atoms with van der Waals surface area (Å²) in [6.07, 6.45) is 0. The highest BCUT2D eigenvalue weighted by Gasteiger charge is 2.49. The average molecular weight is 454 g/mol. The highest BCUT2D eigenvalue weighted by atomic mass is 32.2. The second-order valence-electron chi connectivity index (χ2n) is 6.54. The number of carbonyl (C=O) groups is 1. The Morgan fingerprint density at radius 2 is 1.77 bits per heavy atom. The zero-order chi connectivity index (χ0) is 22.8. The van der Waals surface area contributed by atoms with Crippen molar-refractivity contribution in [3.63, 3.8) is 0 Å². The minimum atomic E-state index is -5.94. The largest absolute Gasteiger partial charge is 0.534 e. The van der Waals surface area contributed by atoms with Gasteiger partial charge in [-0.05, 0) is 29.8 Å². The maximum atomic E-state index is 12.9. The fourth-order valence-corrected chi connectivity index (χ4v) is 3.25. The third-order valence-corrected chi connectivity index (χ3v) is 5.27. The molecule has 1 aromatic heterocycles.